The van der Waals surface area contributed by atoms with Crippen molar-refractivity contribution in [3.05, 3.63) is 83.3 Å². The van der Waals surface area contributed by atoms with Gasteiger partial charge in [-0.05, 0) is 42.3 Å². The lowest BCUT2D eigenvalue weighted by atomic mass is 10.1. The Morgan fingerprint density at radius 2 is 1.79 bits per heavy atom. The Balaban J connectivity index is 1.65. The fraction of sp³-hybridized carbons (Fsp3) is 0.143. The van der Waals surface area contributed by atoms with Crippen LogP contribution in [-0.2, 0) is 11.3 Å². The summed E-state index contributed by atoms with van der Waals surface area (Å²) in [5, 5.41) is 5.95. The molecule has 3 aromatic rings. The van der Waals surface area contributed by atoms with Crippen molar-refractivity contribution in [2.75, 3.05) is 17.7 Å². The van der Waals surface area contributed by atoms with Crippen molar-refractivity contribution in [2.45, 2.75) is 13.5 Å². The minimum atomic E-state index is -0.432. The highest BCUT2D eigenvalue weighted by Crippen LogP contribution is 2.14. The van der Waals surface area contributed by atoms with E-state index in [9.17, 15) is 9.59 Å². The number of methoxy groups -OCH3 is 1. The summed E-state index contributed by atoms with van der Waals surface area (Å²) in [5.41, 5.74) is 3.52. The molecule has 0 saturated carbocycles. The number of esters is 1. The van der Waals surface area contributed by atoms with E-state index in [1.165, 1.54) is 19.0 Å². The molecule has 0 fully saturated rings. The molecule has 2 N–H and O–H groups in total. The minimum Gasteiger partial charge on any atom is -0.465 e. The number of anilines is 2. The molecule has 1 amide bonds. The number of carbonyl (C=O) groups is 2. The Morgan fingerprint density at radius 3 is 2.50 bits per heavy atom. The standard InChI is InChI=1S/C21H20N4O3/c1-14-5-3-4-6-16(14)12-22-19-11-18(23-13-24-19)20(26)25-17-9-7-15(8-10-17)21(27)28-2/h3-11,13H,12H2,1-2H3,(H,25,26)(H,22,23,24). The van der Waals surface area contributed by atoms with Gasteiger partial charge in [0.05, 0.1) is 12.7 Å². The first-order valence-corrected chi connectivity index (χ1v) is 8.67. The van der Waals surface area contributed by atoms with E-state index in [0.29, 0.717) is 23.6 Å². The quantitative estimate of drug-likeness (QED) is 0.640. The van der Waals surface area contributed by atoms with Crippen LogP contribution in [0.15, 0.2) is 60.9 Å². The van der Waals surface area contributed by atoms with Gasteiger partial charge in [0, 0.05) is 18.3 Å². The average molecular weight is 376 g/mol. The summed E-state index contributed by atoms with van der Waals surface area (Å²) in [7, 11) is 1.32. The molecule has 0 atom stereocenters. The first kappa shape index (κ1) is 19.0. The van der Waals surface area contributed by atoms with E-state index in [-0.39, 0.29) is 11.6 Å². The van der Waals surface area contributed by atoms with Gasteiger partial charge in [0.2, 0.25) is 0 Å². The lowest BCUT2D eigenvalue weighted by Gasteiger charge is -2.09. The third kappa shape index (κ3) is 4.70. The van der Waals surface area contributed by atoms with Gasteiger partial charge in [-0.2, -0.15) is 0 Å². The van der Waals surface area contributed by atoms with Gasteiger partial charge in [0.15, 0.2) is 0 Å². The second-order valence-corrected chi connectivity index (χ2v) is 6.09. The van der Waals surface area contributed by atoms with Gasteiger partial charge in [-0.3, -0.25) is 4.79 Å². The summed E-state index contributed by atoms with van der Waals surface area (Å²) in [5.74, 6) is -0.241. The zero-order valence-corrected chi connectivity index (χ0v) is 15.6. The molecule has 28 heavy (non-hydrogen) atoms. The first-order chi connectivity index (χ1) is 13.6. The SMILES string of the molecule is COC(=O)c1ccc(NC(=O)c2cc(NCc3ccccc3C)ncn2)cc1. The molecule has 0 aliphatic heterocycles. The third-order valence-electron chi connectivity index (χ3n) is 4.18. The van der Waals surface area contributed by atoms with Crippen molar-refractivity contribution in [3.8, 4) is 0 Å². The summed E-state index contributed by atoms with van der Waals surface area (Å²) in [6.45, 7) is 2.64. The van der Waals surface area contributed by atoms with Crippen LogP contribution in [0.25, 0.3) is 0 Å². The number of aromatic nitrogens is 2. The molecule has 0 aliphatic carbocycles. The van der Waals surface area contributed by atoms with Crippen LogP contribution in [0, 0.1) is 6.92 Å². The maximum Gasteiger partial charge on any atom is 0.337 e. The number of hydrogen-bond acceptors (Lipinski definition) is 6. The molecule has 0 radical (unpaired) electrons. The van der Waals surface area contributed by atoms with Gasteiger partial charge in [-0.15, -0.1) is 0 Å². The van der Waals surface area contributed by atoms with E-state index in [0.717, 1.165) is 5.56 Å². The molecule has 0 bridgehead atoms. The minimum absolute atomic E-state index is 0.235. The van der Waals surface area contributed by atoms with Crippen LogP contribution >= 0.6 is 0 Å². The van der Waals surface area contributed by atoms with Gasteiger partial charge in [-0.25, -0.2) is 14.8 Å². The van der Waals surface area contributed by atoms with Crippen LogP contribution in [0.2, 0.25) is 0 Å². The lowest BCUT2D eigenvalue weighted by Crippen LogP contribution is -2.15. The summed E-state index contributed by atoms with van der Waals surface area (Å²) < 4.78 is 4.65. The van der Waals surface area contributed by atoms with Crippen LogP contribution < -0.4 is 10.6 Å². The number of benzene rings is 2. The average Bonchev–Trinajstić information content (AvgIpc) is 2.73. The molecule has 0 saturated heterocycles. The van der Waals surface area contributed by atoms with Gasteiger partial charge >= 0.3 is 5.97 Å². The summed E-state index contributed by atoms with van der Waals surface area (Å²) in [6, 6.07) is 16.1. The number of hydrogen-bond donors (Lipinski definition) is 2. The fourth-order valence-corrected chi connectivity index (χ4v) is 2.57. The van der Waals surface area contributed by atoms with Crippen molar-refractivity contribution >= 4 is 23.4 Å². The Kier molecular flexibility index (Phi) is 5.96. The Labute approximate surface area is 162 Å². The van der Waals surface area contributed by atoms with Crippen LogP contribution in [-0.4, -0.2) is 29.0 Å². The molecule has 7 heteroatoms. The first-order valence-electron chi connectivity index (χ1n) is 8.67. The summed E-state index contributed by atoms with van der Waals surface area (Å²) in [4.78, 5) is 32.1. The van der Waals surface area contributed by atoms with E-state index >= 15 is 0 Å². The Morgan fingerprint density at radius 1 is 1.04 bits per heavy atom. The fourth-order valence-electron chi connectivity index (χ4n) is 2.57. The smallest absolute Gasteiger partial charge is 0.337 e. The molecule has 7 nitrogen and oxygen atoms in total. The lowest BCUT2D eigenvalue weighted by molar-refractivity contribution is 0.0600. The number of amides is 1. The molecule has 1 heterocycles. The molecular formula is C21H20N4O3. The van der Waals surface area contributed by atoms with Crippen LogP contribution in [0.1, 0.15) is 32.0 Å². The van der Waals surface area contributed by atoms with Gasteiger partial charge in [0.1, 0.15) is 17.8 Å². The van der Waals surface area contributed by atoms with Crippen molar-refractivity contribution in [1.82, 2.24) is 9.97 Å². The maximum absolute atomic E-state index is 12.4. The highest BCUT2D eigenvalue weighted by molar-refractivity contribution is 6.03. The number of aryl methyl sites for hydroxylation is 1. The van der Waals surface area contributed by atoms with E-state index in [2.05, 4.69) is 25.3 Å². The zero-order valence-electron chi connectivity index (χ0n) is 15.6. The van der Waals surface area contributed by atoms with Crippen molar-refractivity contribution in [1.29, 1.82) is 0 Å². The largest absolute Gasteiger partial charge is 0.465 e. The molecule has 0 aliphatic rings. The molecule has 142 valence electrons. The normalized spacial score (nSPS) is 10.2. The summed E-state index contributed by atoms with van der Waals surface area (Å²) in [6.07, 6.45) is 1.34. The highest BCUT2D eigenvalue weighted by Gasteiger charge is 2.11. The van der Waals surface area contributed by atoms with E-state index in [4.69, 9.17) is 0 Å². The second-order valence-electron chi connectivity index (χ2n) is 6.09. The molecule has 2 aromatic carbocycles. The number of nitrogens with zero attached hydrogens (tertiary/aromatic N) is 2. The van der Waals surface area contributed by atoms with Gasteiger partial charge in [-0.1, -0.05) is 24.3 Å². The maximum atomic E-state index is 12.4. The Hall–Kier alpha value is -3.74. The van der Waals surface area contributed by atoms with E-state index in [1.54, 1.807) is 30.3 Å². The molecule has 0 spiro atoms. The number of rotatable bonds is 6. The van der Waals surface area contributed by atoms with Crippen molar-refractivity contribution in [2.24, 2.45) is 0 Å². The monoisotopic (exact) mass is 376 g/mol. The topological polar surface area (TPSA) is 93.2 Å². The van der Waals surface area contributed by atoms with Crippen LogP contribution in [0.5, 0.6) is 0 Å². The van der Waals surface area contributed by atoms with E-state index < -0.39 is 5.97 Å². The Bertz CT molecular complexity index is 987. The number of carbonyl (C=O) groups excluding carboxylic acids is 2. The molecule has 1 aromatic heterocycles. The van der Waals surface area contributed by atoms with Crippen LogP contribution in [0.4, 0.5) is 11.5 Å². The zero-order chi connectivity index (χ0) is 19.9. The second kappa shape index (κ2) is 8.77. The number of nitrogens with one attached hydrogen (secondary N) is 2. The molecule has 0 unspecified atom stereocenters. The highest BCUT2D eigenvalue weighted by atomic mass is 16.5. The predicted molar refractivity (Wildman–Crippen MR) is 106 cm³/mol. The predicted octanol–water partition coefficient (Wildman–Crippen LogP) is 3.44. The van der Waals surface area contributed by atoms with Gasteiger partial charge < -0.3 is 15.4 Å². The third-order valence-corrected chi connectivity index (χ3v) is 4.18. The number of ether oxygens (including phenoxy) is 1. The van der Waals surface area contributed by atoms with E-state index in [1.807, 2.05) is 31.2 Å². The van der Waals surface area contributed by atoms with Crippen LogP contribution in [0.3, 0.4) is 0 Å². The van der Waals surface area contributed by atoms with Gasteiger partial charge in [0.25, 0.3) is 5.91 Å². The van der Waals surface area contributed by atoms with Crippen molar-refractivity contribution < 1.29 is 14.3 Å². The molecular weight excluding hydrogens is 356 g/mol. The molecule has 3 rings (SSSR count). The van der Waals surface area contributed by atoms with Crippen molar-refractivity contribution in [3.63, 3.8) is 0 Å². The summed E-state index contributed by atoms with van der Waals surface area (Å²) >= 11 is 0.